The number of carbonyl (C=O) groups is 2. The van der Waals surface area contributed by atoms with E-state index in [1.165, 1.54) is 39.2 Å². The summed E-state index contributed by atoms with van der Waals surface area (Å²) >= 11 is 0. The fourth-order valence-corrected chi connectivity index (χ4v) is 2.52. The van der Waals surface area contributed by atoms with Crippen LogP contribution in [-0.2, 0) is 19.1 Å². The number of ether oxygens (including phenoxy) is 2. The normalized spacial score (nSPS) is 10.2. The lowest BCUT2D eigenvalue weighted by Gasteiger charge is -2.00. The molecule has 0 spiro atoms. The Labute approximate surface area is 160 Å². The minimum atomic E-state index is -0.115. The number of ketones is 1. The van der Waals surface area contributed by atoms with Crippen molar-refractivity contribution in [2.24, 2.45) is 0 Å². The zero-order chi connectivity index (χ0) is 19.9. The Hall–Kier alpha value is -0.940. The number of carbonyl (C=O) groups excluding carboxylic acids is 2. The highest BCUT2D eigenvalue weighted by Crippen LogP contribution is 2.08. The van der Waals surface area contributed by atoms with Gasteiger partial charge in [0, 0.05) is 33.2 Å². The van der Waals surface area contributed by atoms with E-state index < -0.39 is 0 Å². The molecule has 0 aliphatic carbocycles. The van der Waals surface area contributed by atoms with Gasteiger partial charge in [-0.2, -0.15) is 0 Å². The van der Waals surface area contributed by atoms with E-state index in [9.17, 15) is 9.59 Å². The van der Waals surface area contributed by atoms with Gasteiger partial charge in [0.2, 0.25) is 0 Å². The van der Waals surface area contributed by atoms with E-state index in [2.05, 4.69) is 4.74 Å². The van der Waals surface area contributed by atoms with Crippen molar-refractivity contribution in [3.63, 3.8) is 0 Å². The number of hydrogen-bond donors (Lipinski definition) is 1. The van der Waals surface area contributed by atoms with Crippen molar-refractivity contribution in [2.45, 2.75) is 96.8 Å². The third-order valence-corrected chi connectivity index (χ3v) is 4.14. The first kappa shape index (κ1) is 27.3. The Bertz CT molecular complexity index is 305. The molecule has 0 amide bonds. The summed E-state index contributed by atoms with van der Waals surface area (Å²) in [5, 5.41) is 8.51. The van der Waals surface area contributed by atoms with E-state index in [1.54, 1.807) is 14.0 Å². The molecule has 0 rings (SSSR count). The second-order valence-electron chi connectivity index (χ2n) is 6.74. The number of methoxy groups -OCH3 is 2. The molecule has 0 heterocycles. The maximum atomic E-state index is 10.7. The molecule has 0 aliphatic rings. The molecule has 0 atom stereocenters. The monoisotopic (exact) mass is 374 g/mol. The topological polar surface area (TPSA) is 72.8 Å². The molecule has 5 nitrogen and oxygen atoms in total. The first-order valence-corrected chi connectivity index (χ1v) is 10.2. The zero-order valence-corrected chi connectivity index (χ0v) is 17.4. The zero-order valence-electron chi connectivity index (χ0n) is 17.4. The van der Waals surface area contributed by atoms with Crippen LogP contribution in [0.5, 0.6) is 0 Å². The van der Waals surface area contributed by atoms with Crippen LogP contribution in [0.2, 0.25) is 0 Å². The molecule has 0 fully saturated rings. The molecule has 0 saturated carbocycles. The van der Waals surface area contributed by atoms with Gasteiger partial charge in [-0.3, -0.25) is 4.79 Å². The first-order valence-electron chi connectivity index (χ1n) is 10.2. The fraction of sp³-hybridized carbons (Fsp3) is 0.905. The van der Waals surface area contributed by atoms with Crippen LogP contribution < -0.4 is 0 Å². The molecule has 5 heteroatoms. The first-order chi connectivity index (χ1) is 12.6. The van der Waals surface area contributed by atoms with Crippen LogP contribution in [0.15, 0.2) is 0 Å². The van der Waals surface area contributed by atoms with Gasteiger partial charge in [0.05, 0.1) is 7.11 Å². The third kappa shape index (κ3) is 27.9. The molecule has 0 saturated heterocycles. The highest BCUT2D eigenvalue weighted by atomic mass is 16.5. The molecule has 0 radical (unpaired) electrons. The predicted molar refractivity (Wildman–Crippen MR) is 106 cm³/mol. The molecule has 0 aromatic rings. The van der Waals surface area contributed by atoms with E-state index in [1.807, 2.05) is 0 Å². The number of aliphatic hydroxyl groups is 1. The van der Waals surface area contributed by atoms with Gasteiger partial charge < -0.3 is 19.4 Å². The smallest absolute Gasteiger partial charge is 0.305 e. The van der Waals surface area contributed by atoms with E-state index in [4.69, 9.17) is 9.84 Å². The summed E-state index contributed by atoms with van der Waals surface area (Å²) in [6.07, 6.45) is 14.8. The number of hydrogen-bond acceptors (Lipinski definition) is 5. The molecule has 0 bridgehead atoms. The standard InChI is InChI=1S/C11H22O2.C10H20O3/c1-11(12)9-7-5-3-4-6-8-10-13-2;1-13-10(12)8-6-4-2-3-5-7-9-11/h3-10H2,1-2H3;11H,2-9H2,1H3. The van der Waals surface area contributed by atoms with Crippen LogP contribution in [-0.4, -0.2) is 44.3 Å². The summed E-state index contributed by atoms with van der Waals surface area (Å²) in [6, 6.07) is 0. The Balaban J connectivity index is 0. The minimum absolute atomic E-state index is 0.115. The van der Waals surface area contributed by atoms with Gasteiger partial charge in [-0.05, 0) is 32.6 Å². The molecule has 0 aliphatic heterocycles. The van der Waals surface area contributed by atoms with Crippen molar-refractivity contribution < 1.29 is 24.2 Å². The average molecular weight is 375 g/mol. The van der Waals surface area contributed by atoms with Crippen molar-refractivity contribution in [3.8, 4) is 0 Å². The summed E-state index contributed by atoms with van der Waals surface area (Å²) in [5.41, 5.74) is 0. The van der Waals surface area contributed by atoms with Crippen molar-refractivity contribution in [3.05, 3.63) is 0 Å². The Kier molecular flexibility index (Phi) is 25.2. The average Bonchev–Trinajstić information content (AvgIpc) is 2.63. The fourth-order valence-electron chi connectivity index (χ4n) is 2.52. The SMILES string of the molecule is COC(=O)CCCCCCCCO.COCCCCCCCCC(C)=O. The summed E-state index contributed by atoms with van der Waals surface area (Å²) in [4.78, 5) is 21.3. The van der Waals surface area contributed by atoms with Crippen LogP contribution in [0.25, 0.3) is 0 Å². The molecular formula is C21H42O5. The summed E-state index contributed by atoms with van der Waals surface area (Å²) in [5.74, 6) is 0.203. The van der Waals surface area contributed by atoms with Crippen molar-refractivity contribution in [2.75, 3.05) is 27.4 Å². The van der Waals surface area contributed by atoms with Crippen LogP contribution in [0.1, 0.15) is 96.8 Å². The quantitative estimate of drug-likeness (QED) is 0.291. The van der Waals surface area contributed by atoms with Gasteiger partial charge in [-0.1, -0.05) is 51.4 Å². The molecule has 26 heavy (non-hydrogen) atoms. The molecule has 0 aromatic carbocycles. The predicted octanol–water partition coefficient (Wildman–Crippen LogP) is 4.83. The summed E-state index contributed by atoms with van der Waals surface area (Å²) < 4.78 is 9.48. The molecule has 156 valence electrons. The van der Waals surface area contributed by atoms with Gasteiger partial charge in [-0.25, -0.2) is 0 Å². The molecule has 0 aromatic heterocycles. The van der Waals surface area contributed by atoms with Gasteiger partial charge in [0.15, 0.2) is 0 Å². The lowest BCUT2D eigenvalue weighted by molar-refractivity contribution is -0.140. The van der Waals surface area contributed by atoms with Crippen LogP contribution in [0.3, 0.4) is 0 Å². The maximum Gasteiger partial charge on any atom is 0.305 e. The lowest BCUT2D eigenvalue weighted by Crippen LogP contribution is -1.99. The number of unbranched alkanes of at least 4 members (excludes halogenated alkanes) is 10. The minimum Gasteiger partial charge on any atom is -0.469 e. The van der Waals surface area contributed by atoms with Crippen molar-refractivity contribution in [1.29, 1.82) is 0 Å². The molecular weight excluding hydrogens is 332 g/mol. The number of rotatable bonds is 17. The van der Waals surface area contributed by atoms with Crippen LogP contribution >= 0.6 is 0 Å². The highest BCUT2D eigenvalue weighted by molar-refractivity contribution is 5.75. The second kappa shape index (κ2) is 24.1. The third-order valence-electron chi connectivity index (χ3n) is 4.14. The van der Waals surface area contributed by atoms with E-state index in [0.29, 0.717) is 18.8 Å². The van der Waals surface area contributed by atoms with Crippen LogP contribution in [0, 0.1) is 0 Å². The Morgan fingerprint density at radius 1 is 0.692 bits per heavy atom. The van der Waals surface area contributed by atoms with Crippen LogP contribution in [0.4, 0.5) is 0 Å². The molecule has 1 N–H and O–H groups in total. The number of aliphatic hydroxyl groups excluding tert-OH is 1. The van der Waals surface area contributed by atoms with Crippen molar-refractivity contribution in [1.82, 2.24) is 0 Å². The van der Waals surface area contributed by atoms with Gasteiger partial charge >= 0.3 is 5.97 Å². The molecule has 0 unspecified atom stereocenters. The summed E-state index contributed by atoms with van der Waals surface area (Å²) in [6.45, 7) is 2.84. The Morgan fingerprint density at radius 3 is 1.62 bits per heavy atom. The maximum absolute atomic E-state index is 10.7. The van der Waals surface area contributed by atoms with Gasteiger partial charge in [0.25, 0.3) is 0 Å². The van der Waals surface area contributed by atoms with Gasteiger partial charge in [-0.15, -0.1) is 0 Å². The lowest BCUT2D eigenvalue weighted by atomic mass is 10.1. The van der Waals surface area contributed by atoms with E-state index in [0.717, 1.165) is 58.0 Å². The van der Waals surface area contributed by atoms with E-state index >= 15 is 0 Å². The van der Waals surface area contributed by atoms with Gasteiger partial charge in [0.1, 0.15) is 5.78 Å². The Morgan fingerprint density at radius 2 is 1.15 bits per heavy atom. The summed E-state index contributed by atoms with van der Waals surface area (Å²) in [7, 11) is 3.16. The van der Waals surface area contributed by atoms with E-state index in [-0.39, 0.29) is 5.97 Å². The largest absolute Gasteiger partial charge is 0.469 e. The number of Topliss-reactive ketones (excluding diaryl/α,β-unsaturated/α-hetero) is 1. The van der Waals surface area contributed by atoms with Crippen molar-refractivity contribution >= 4 is 11.8 Å². The highest BCUT2D eigenvalue weighted by Gasteiger charge is 1.98. The number of esters is 1. The second-order valence-corrected chi connectivity index (χ2v) is 6.74.